The first-order chi connectivity index (χ1) is 21.3. The van der Waals surface area contributed by atoms with Crippen LogP contribution in [0.4, 0.5) is 17.1 Å². The summed E-state index contributed by atoms with van der Waals surface area (Å²) in [4.78, 5) is 2.36. The van der Waals surface area contributed by atoms with Gasteiger partial charge >= 0.3 is 0 Å². The molecule has 0 saturated heterocycles. The molecule has 0 fully saturated rings. The summed E-state index contributed by atoms with van der Waals surface area (Å²) in [5.41, 5.74) is 7.01. The molecule has 0 spiro atoms. The molecule has 0 atom stereocenters. The zero-order valence-corrected chi connectivity index (χ0v) is 24.1. The first kappa shape index (κ1) is 24.2. The van der Waals surface area contributed by atoms with Crippen LogP contribution in [0, 0.1) is 0 Å². The molecule has 2 heterocycles. The van der Waals surface area contributed by atoms with E-state index in [-0.39, 0.29) is 0 Å². The lowest BCUT2D eigenvalue weighted by atomic mass is 10.0. The molecule has 202 valence electrons. The molecule has 0 unspecified atom stereocenters. The van der Waals surface area contributed by atoms with Gasteiger partial charge in [-0.3, -0.25) is 0 Å². The summed E-state index contributed by atoms with van der Waals surface area (Å²) < 4.78 is 5.04. The Bertz CT molecular complexity index is 2450. The zero-order chi connectivity index (χ0) is 28.3. The Hall–Kier alpha value is -5.38. The Morgan fingerprint density at radius 1 is 0.419 bits per heavy atom. The van der Waals surface area contributed by atoms with Crippen molar-refractivity contribution in [1.82, 2.24) is 4.57 Å². The summed E-state index contributed by atoms with van der Waals surface area (Å²) in [6, 6.07) is 57.2. The number of hydrogen-bond donors (Lipinski definition) is 0. The van der Waals surface area contributed by atoms with Gasteiger partial charge in [0, 0.05) is 53.7 Å². The van der Waals surface area contributed by atoms with Crippen LogP contribution < -0.4 is 4.90 Å². The Morgan fingerprint density at radius 2 is 1.07 bits per heavy atom. The summed E-state index contributed by atoms with van der Waals surface area (Å²) in [6.45, 7) is 0. The molecule has 2 aromatic heterocycles. The molecular weight excluding hydrogens is 541 g/mol. The molecule has 43 heavy (non-hydrogen) atoms. The first-order valence-corrected chi connectivity index (χ1v) is 15.4. The van der Waals surface area contributed by atoms with E-state index in [1.165, 1.54) is 52.8 Å². The third kappa shape index (κ3) is 3.79. The first-order valence-electron chi connectivity index (χ1n) is 14.6. The number of aromatic nitrogens is 1. The number of benzene rings is 7. The summed E-state index contributed by atoms with van der Waals surface area (Å²) in [7, 11) is 0. The number of thiophene rings is 1. The summed E-state index contributed by atoms with van der Waals surface area (Å²) >= 11 is 1.86. The number of hydrogen-bond acceptors (Lipinski definition) is 2. The number of para-hydroxylation sites is 2. The fourth-order valence-corrected chi connectivity index (χ4v) is 7.73. The van der Waals surface area contributed by atoms with Gasteiger partial charge in [0.25, 0.3) is 0 Å². The quantitative estimate of drug-likeness (QED) is 0.206. The maximum absolute atomic E-state index is 2.40. The van der Waals surface area contributed by atoms with Crippen LogP contribution in [-0.4, -0.2) is 4.57 Å². The average Bonchev–Trinajstić information content (AvgIpc) is 3.62. The van der Waals surface area contributed by atoms with Gasteiger partial charge in [0.05, 0.1) is 11.0 Å². The Morgan fingerprint density at radius 3 is 1.93 bits per heavy atom. The van der Waals surface area contributed by atoms with Gasteiger partial charge in [-0.05, 0) is 83.6 Å². The van der Waals surface area contributed by atoms with Crippen molar-refractivity contribution in [3.63, 3.8) is 0 Å². The molecule has 9 rings (SSSR count). The highest BCUT2D eigenvalue weighted by atomic mass is 32.1. The largest absolute Gasteiger partial charge is 0.310 e. The molecular formula is C40H26N2S. The lowest BCUT2D eigenvalue weighted by molar-refractivity contribution is 1.17. The second-order valence-electron chi connectivity index (χ2n) is 11.0. The van der Waals surface area contributed by atoms with Gasteiger partial charge in [-0.15, -0.1) is 11.3 Å². The van der Waals surface area contributed by atoms with E-state index in [9.17, 15) is 0 Å². The van der Waals surface area contributed by atoms with Crippen molar-refractivity contribution in [1.29, 1.82) is 0 Å². The molecule has 7 aromatic carbocycles. The van der Waals surface area contributed by atoms with E-state index in [0.717, 1.165) is 22.7 Å². The van der Waals surface area contributed by atoms with Crippen molar-refractivity contribution in [2.24, 2.45) is 0 Å². The maximum atomic E-state index is 2.40. The molecule has 0 radical (unpaired) electrons. The van der Waals surface area contributed by atoms with E-state index in [1.807, 2.05) is 11.3 Å². The highest BCUT2D eigenvalue weighted by Gasteiger charge is 2.17. The van der Waals surface area contributed by atoms with Crippen molar-refractivity contribution < 1.29 is 0 Å². The van der Waals surface area contributed by atoms with E-state index in [0.29, 0.717) is 0 Å². The SMILES string of the molecule is c1ccc(N(c2ccc(-n3c4ccccc4c4c5ccccc5ccc43)cc2)c2ccc3sc4ccccc4c3c2)cc1. The van der Waals surface area contributed by atoms with Gasteiger partial charge in [0.1, 0.15) is 0 Å². The Labute approximate surface area is 253 Å². The number of anilines is 3. The molecule has 0 amide bonds. The molecule has 3 heteroatoms. The van der Waals surface area contributed by atoms with Crippen LogP contribution in [0.15, 0.2) is 158 Å². The van der Waals surface area contributed by atoms with Crippen molar-refractivity contribution in [2.45, 2.75) is 0 Å². The maximum Gasteiger partial charge on any atom is 0.0547 e. The minimum Gasteiger partial charge on any atom is -0.310 e. The summed E-state index contributed by atoms with van der Waals surface area (Å²) in [5.74, 6) is 0. The van der Waals surface area contributed by atoms with Crippen LogP contribution in [0.3, 0.4) is 0 Å². The van der Waals surface area contributed by atoms with Crippen LogP contribution in [0.2, 0.25) is 0 Å². The van der Waals surface area contributed by atoms with Gasteiger partial charge in [-0.25, -0.2) is 0 Å². The lowest BCUT2D eigenvalue weighted by Crippen LogP contribution is -2.09. The molecule has 0 N–H and O–H groups in total. The molecule has 0 aliphatic carbocycles. The zero-order valence-electron chi connectivity index (χ0n) is 23.3. The number of nitrogens with zero attached hydrogens (tertiary/aromatic N) is 2. The topological polar surface area (TPSA) is 8.17 Å². The van der Waals surface area contributed by atoms with E-state index >= 15 is 0 Å². The van der Waals surface area contributed by atoms with E-state index in [2.05, 4.69) is 167 Å². The number of rotatable bonds is 4. The predicted molar refractivity (Wildman–Crippen MR) is 186 cm³/mol. The predicted octanol–water partition coefficient (Wildman–Crippen LogP) is 11.8. The molecule has 0 bridgehead atoms. The molecule has 0 aliphatic rings. The normalized spacial score (nSPS) is 11.7. The van der Waals surface area contributed by atoms with Crippen LogP contribution in [0.5, 0.6) is 0 Å². The van der Waals surface area contributed by atoms with Gasteiger partial charge in [0.15, 0.2) is 0 Å². The van der Waals surface area contributed by atoms with Crippen molar-refractivity contribution in [2.75, 3.05) is 4.90 Å². The Balaban J connectivity index is 1.22. The summed E-state index contributed by atoms with van der Waals surface area (Å²) in [5, 5.41) is 7.75. The van der Waals surface area contributed by atoms with Gasteiger partial charge in [-0.1, -0.05) is 84.9 Å². The third-order valence-electron chi connectivity index (χ3n) is 8.56. The highest BCUT2D eigenvalue weighted by molar-refractivity contribution is 7.25. The minimum absolute atomic E-state index is 1.13. The van der Waals surface area contributed by atoms with Crippen LogP contribution >= 0.6 is 11.3 Å². The van der Waals surface area contributed by atoms with E-state index in [4.69, 9.17) is 0 Å². The molecule has 0 aliphatic heterocycles. The smallest absolute Gasteiger partial charge is 0.0547 e. The average molecular weight is 567 g/mol. The molecule has 2 nitrogen and oxygen atoms in total. The van der Waals surface area contributed by atoms with Gasteiger partial charge in [0.2, 0.25) is 0 Å². The van der Waals surface area contributed by atoms with Crippen LogP contribution in [-0.2, 0) is 0 Å². The van der Waals surface area contributed by atoms with Gasteiger partial charge in [-0.2, -0.15) is 0 Å². The summed E-state index contributed by atoms with van der Waals surface area (Å²) in [6.07, 6.45) is 0. The lowest BCUT2D eigenvalue weighted by Gasteiger charge is -2.26. The molecule has 9 aromatic rings. The van der Waals surface area contributed by atoms with Crippen molar-refractivity contribution in [3.8, 4) is 5.69 Å². The fraction of sp³-hybridized carbons (Fsp3) is 0. The number of fused-ring (bicyclic) bond motifs is 8. The fourth-order valence-electron chi connectivity index (χ4n) is 6.65. The second-order valence-corrected chi connectivity index (χ2v) is 12.1. The minimum atomic E-state index is 1.13. The standard InChI is InChI=1S/C40H26N2S/c1-2-11-28(12-3-1)41(31-23-25-39-35(26-31)33-14-7-9-17-38(33)43-39)29-19-21-30(22-20-29)42-36-16-8-6-15-34(36)40-32-13-5-4-10-27(32)18-24-37(40)42/h1-26H. The van der Waals surface area contributed by atoms with Crippen LogP contribution in [0.25, 0.3) is 58.4 Å². The van der Waals surface area contributed by atoms with E-state index < -0.39 is 0 Å². The van der Waals surface area contributed by atoms with Crippen molar-refractivity contribution >= 4 is 81.1 Å². The van der Waals surface area contributed by atoms with Gasteiger partial charge < -0.3 is 9.47 Å². The Kier molecular flexibility index (Phi) is 5.40. The van der Waals surface area contributed by atoms with Crippen LogP contribution in [0.1, 0.15) is 0 Å². The highest BCUT2D eigenvalue weighted by Crippen LogP contribution is 2.41. The monoisotopic (exact) mass is 566 g/mol. The van der Waals surface area contributed by atoms with E-state index in [1.54, 1.807) is 0 Å². The van der Waals surface area contributed by atoms with Crippen molar-refractivity contribution in [3.05, 3.63) is 158 Å². The second kappa shape index (κ2) is 9.59. The molecule has 0 saturated carbocycles. The third-order valence-corrected chi connectivity index (χ3v) is 9.71.